The molecule has 0 unspecified atom stereocenters. The van der Waals surface area contributed by atoms with Gasteiger partial charge in [0.2, 0.25) is 0 Å². The maximum Gasteiger partial charge on any atom is 0.408 e. The summed E-state index contributed by atoms with van der Waals surface area (Å²) in [5, 5.41) is 6.79. The quantitative estimate of drug-likeness (QED) is 0.850. The maximum absolute atomic E-state index is 12.1. The van der Waals surface area contributed by atoms with Crippen LogP contribution in [0.2, 0.25) is 0 Å². The third kappa shape index (κ3) is 4.12. The third-order valence-corrected chi connectivity index (χ3v) is 2.33. The van der Waals surface area contributed by atoms with E-state index in [0.717, 1.165) is 17.5 Å². The Morgan fingerprint density at radius 1 is 1.38 bits per heavy atom. The first kappa shape index (κ1) is 12.9. The second-order valence-corrected chi connectivity index (χ2v) is 3.70. The molecule has 1 aromatic heterocycles. The first-order chi connectivity index (χ1) is 7.44. The van der Waals surface area contributed by atoms with Crippen molar-refractivity contribution in [1.29, 1.82) is 0 Å². The number of halogens is 3. The second kappa shape index (κ2) is 5.23. The molecule has 16 heavy (non-hydrogen) atoms. The van der Waals surface area contributed by atoms with Crippen LogP contribution in [0.15, 0.2) is 12.4 Å². The van der Waals surface area contributed by atoms with Crippen molar-refractivity contribution < 1.29 is 13.2 Å². The van der Waals surface area contributed by atoms with Crippen LogP contribution < -0.4 is 5.32 Å². The molecule has 0 amide bonds. The van der Waals surface area contributed by atoms with Gasteiger partial charge in [0.1, 0.15) is 6.54 Å². The first-order valence-corrected chi connectivity index (χ1v) is 5.30. The van der Waals surface area contributed by atoms with Crippen molar-refractivity contribution >= 4 is 5.69 Å². The van der Waals surface area contributed by atoms with E-state index < -0.39 is 12.7 Å². The highest BCUT2D eigenvalue weighted by atomic mass is 19.4. The van der Waals surface area contributed by atoms with Crippen LogP contribution in [0.25, 0.3) is 0 Å². The molecule has 1 aromatic rings. The molecule has 0 radical (unpaired) electrons. The molecule has 0 saturated carbocycles. The third-order valence-electron chi connectivity index (χ3n) is 2.33. The van der Waals surface area contributed by atoms with Crippen molar-refractivity contribution in [2.45, 2.75) is 45.5 Å². The van der Waals surface area contributed by atoms with E-state index in [1.807, 2.05) is 13.8 Å². The van der Waals surface area contributed by atoms with Gasteiger partial charge < -0.3 is 5.32 Å². The molecule has 0 spiro atoms. The monoisotopic (exact) mass is 235 g/mol. The van der Waals surface area contributed by atoms with Crippen LogP contribution in [-0.4, -0.2) is 22.0 Å². The summed E-state index contributed by atoms with van der Waals surface area (Å²) in [5.41, 5.74) is 0.637. The molecule has 6 heteroatoms. The van der Waals surface area contributed by atoms with Crippen LogP contribution in [0, 0.1) is 0 Å². The molecule has 0 aliphatic rings. The van der Waals surface area contributed by atoms with Gasteiger partial charge in [-0.05, 0) is 12.8 Å². The molecule has 1 rings (SSSR count). The van der Waals surface area contributed by atoms with Gasteiger partial charge in [0.05, 0.1) is 11.9 Å². The summed E-state index contributed by atoms with van der Waals surface area (Å²) in [6.45, 7) is 3.01. The van der Waals surface area contributed by atoms with Crippen LogP contribution in [0.3, 0.4) is 0 Å². The van der Waals surface area contributed by atoms with Gasteiger partial charge in [-0.25, -0.2) is 0 Å². The Morgan fingerprint density at radius 2 is 2.00 bits per heavy atom. The number of rotatable bonds is 5. The molecular formula is C10H16F3N3. The predicted octanol–water partition coefficient (Wildman–Crippen LogP) is 3.05. The minimum atomic E-state index is -4.22. The number of alkyl halides is 3. The van der Waals surface area contributed by atoms with E-state index in [9.17, 15) is 13.2 Å². The van der Waals surface area contributed by atoms with Crippen molar-refractivity contribution in [2.24, 2.45) is 0 Å². The molecule has 0 fully saturated rings. The lowest BCUT2D eigenvalue weighted by Gasteiger charge is -2.13. The zero-order valence-corrected chi connectivity index (χ0v) is 9.38. The molecule has 0 saturated heterocycles. The molecule has 1 N–H and O–H groups in total. The fraction of sp³-hybridized carbons (Fsp3) is 0.700. The Labute approximate surface area is 92.6 Å². The normalized spacial score (nSPS) is 12.1. The van der Waals surface area contributed by atoms with Crippen molar-refractivity contribution in [3.8, 4) is 0 Å². The zero-order chi connectivity index (χ0) is 12.2. The van der Waals surface area contributed by atoms with E-state index in [4.69, 9.17) is 0 Å². The summed E-state index contributed by atoms with van der Waals surface area (Å²) in [4.78, 5) is 0. The summed E-state index contributed by atoms with van der Waals surface area (Å²) in [5.74, 6) is 0. The Kier molecular flexibility index (Phi) is 4.20. The second-order valence-electron chi connectivity index (χ2n) is 3.70. The lowest BCUT2D eigenvalue weighted by atomic mass is 10.2. The summed E-state index contributed by atoms with van der Waals surface area (Å²) in [6, 6.07) is 0.281. The van der Waals surface area contributed by atoms with E-state index in [1.54, 1.807) is 0 Å². The van der Waals surface area contributed by atoms with Gasteiger partial charge in [0, 0.05) is 12.2 Å². The van der Waals surface area contributed by atoms with Gasteiger partial charge in [0.25, 0.3) is 0 Å². The lowest BCUT2D eigenvalue weighted by molar-refractivity contribution is -0.142. The van der Waals surface area contributed by atoms with Crippen molar-refractivity contribution in [1.82, 2.24) is 9.78 Å². The van der Waals surface area contributed by atoms with Gasteiger partial charge in [-0.15, -0.1) is 0 Å². The van der Waals surface area contributed by atoms with E-state index in [2.05, 4.69) is 10.4 Å². The smallest absolute Gasteiger partial charge is 0.380 e. The number of aromatic nitrogens is 2. The highest BCUT2D eigenvalue weighted by molar-refractivity contribution is 5.39. The van der Waals surface area contributed by atoms with E-state index in [1.165, 1.54) is 12.4 Å². The molecular weight excluding hydrogens is 219 g/mol. The number of hydrogen-bond donors (Lipinski definition) is 1. The summed E-state index contributed by atoms with van der Waals surface area (Å²) < 4.78 is 37.1. The van der Waals surface area contributed by atoms with Crippen molar-refractivity contribution in [2.75, 3.05) is 5.32 Å². The molecule has 0 aromatic carbocycles. The summed E-state index contributed by atoms with van der Waals surface area (Å²) >= 11 is 0. The lowest BCUT2D eigenvalue weighted by Crippen LogP contribution is -2.18. The Balaban J connectivity index is 2.57. The van der Waals surface area contributed by atoms with Crippen LogP contribution in [0.5, 0.6) is 0 Å². The van der Waals surface area contributed by atoms with E-state index >= 15 is 0 Å². The molecule has 0 bridgehead atoms. The van der Waals surface area contributed by atoms with Gasteiger partial charge in [-0.2, -0.15) is 18.3 Å². The number of nitrogens with zero attached hydrogens (tertiary/aromatic N) is 2. The van der Waals surface area contributed by atoms with Crippen molar-refractivity contribution in [3.05, 3.63) is 12.4 Å². The Hall–Kier alpha value is -1.20. The summed E-state index contributed by atoms with van der Waals surface area (Å²) in [7, 11) is 0. The average molecular weight is 235 g/mol. The van der Waals surface area contributed by atoms with Crippen LogP contribution in [0.4, 0.5) is 18.9 Å². The molecule has 0 aliphatic carbocycles. The SMILES string of the molecule is CCC(CC)Nc1cnn(CC(F)(F)F)c1. The molecule has 1 heterocycles. The molecule has 3 nitrogen and oxygen atoms in total. The minimum absolute atomic E-state index is 0.281. The van der Waals surface area contributed by atoms with E-state index in [0.29, 0.717) is 5.69 Å². The van der Waals surface area contributed by atoms with Gasteiger partial charge in [0.15, 0.2) is 0 Å². The maximum atomic E-state index is 12.1. The predicted molar refractivity (Wildman–Crippen MR) is 56.3 cm³/mol. The topological polar surface area (TPSA) is 29.9 Å². The largest absolute Gasteiger partial charge is 0.408 e. The molecule has 0 aliphatic heterocycles. The van der Waals surface area contributed by atoms with Crippen LogP contribution in [-0.2, 0) is 6.54 Å². The number of nitrogens with one attached hydrogen (secondary N) is 1. The van der Waals surface area contributed by atoms with Gasteiger partial charge >= 0.3 is 6.18 Å². The summed E-state index contributed by atoms with van der Waals surface area (Å²) in [6.07, 6.45) is 0.440. The molecule has 92 valence electrons. The number of hydrogen-bond acceptors (Lipinski definition) is 2. The highest BCUT2D eigenvalue weighted by Crippen LogP contribution is 2.18. The standard InChI is InChI=1S/C10H16F3N3/c1-3-8(4-2)15-9-5-14-16(6-9)7-10(11,12)13/h5-6,8,15H,3-4,7H2,1-2H3. The van der Waals surface area contributed by atoms with Crippen molar-refractivity contribution in [3.63, 3.8) is 0 Å². The van der Waals surface area contributed by atoms with Gasteiger partial charge in [-0.1, -0.05) is 13.8 Å². The minimum Gasteiger partial charge on any atom is -0.380 e. The fourth-order valence-corrected chi connectivity index (χ4v) is 1.44. The van der Waals surface area contributed by atoms with Gasteiger partial charge in [-0.3, -0.25) is 4.68 Å². The Bertz CT molecular complexity index is 315. The fourth-order valence-electron chi connectivity index (χ4n) is 1.44. The number of anilines is 1. The molecule has 0 atom stereocenters. The van der Waals surface area contributed by atoms with E-state index in [-0.39, 0.29) is 6.04 Å². The highest BCUT2D eigenvalue weighted by Gasteiger charge is 2.28. The first-order valence-electron chi connectivity index (χ1n) is 5.30. The zero-order valence-electron chi connectivity index (χ0n) is 9.38. The Morgan fingerprint density at radius 3 is 2.50 bits per heavy atom. The average Bonchev–Trinajstić information content (AvgIpc) is 2.59. The van der Waals surface area contributed by atoms with Crippen LogP contribution >= 0.6 is 0 Å². The van der Waals surface area contributed by atoms with Crippen LogP contribution in [0.1, 0.15) is 26.7 Å².